The van der Waals surface area contributed by atoms with Crippen LogP contribution in [0.15, 0.2) is 47.3 Å². The van der Waals surface area contributed by atoms with Gasteiger partial charge < -0.3 is 14.3 Å². The molecule has 11 nitrogen and oxygen atoms in total. The van der Waals surface area contributed by atoms with E-state index >= 15 is 0 Å². The molecule has 0 saturated carbocycles. The van der Waals surface area contributed by atoms with E-state index in [0.717, 1.165) is 22.3 Å². The SMILES string of the molecule is Cn1ccc(-c2nnc(C(=O)N3CCc4[nH]cnc4[C@H]3c3cc4cccc(P)n4n3)o2)n1. The van der Waals surface area contributed by atoms with E-state index in [1.807, 2.05) is 28.8 Å². The first kappa shape index (κ1) is 18.9. The zero-order valence-corrected chi connectivity index (χ0v) is 18.2. The van der Waals surface area contributed by atoms with Crippen LogP contribution in [0.4, 0.5) is 0 Å². The van der Waals surface area contributed by atoms with E-state index in [1.165, 1.54) is 0 Å². The van der Waals surface area contributed by atoms with Crippen LogP contribution in [0.3, 0.4) is 0 Å². The monoisotopic (exact) mass is 447 g/mol. The number of imidazole rings is 1. The molecule has 1 unspecified atom stereocenters. The average molecular weight is 447 g/mol. The molecule has 160 valence electrons. The van der Waals surface area contributed by atoms with Crippen molar-refractivity contribution in [3.8, 4) is 11.6 Å². The number of fused-ring (bicyclic) bond motifs is 2. The molecule has 5 aromatic rings. The van der Waals surface area contributed by atoms with Crippen LogP contribution >= 0.6 is 9.24 Å². The second-order valence-electron chi connectivity index (χ2n) is 7.56. The van der Waals surface area contributed by atoms with Gasteiger partial charge in [-0.05, 0) is 24.3 Å². The van der Waals surface area contributed by atoms with Crippen LogP contribution in [0.25, 0.3) is 17.1 Å². The van der Waals surface area contributed by atoms with Gasteiger partial charge in [-0.25, -0.2) is 9.50 Å². The highest BCUT2D eigenvalue weighted by atomic mass is 31.0. The molecule has 2 atom stereocenters. The molecule has 6 heterocycles. The Morgan fingerprint density at radius 3 is 2.97 bits per heavy atom. The lowest BCUT2D eigenvalue weighted by Crippen LogP contribution is -2.41. The Balaban J connectivity index is 1.41. The summed E-state index contributed by atoms with van der Waals surface area (Å²) in [7, 11) is 4.46. The Labute approximate surface area is 183 Å². The van der Waals surface area contributed by atoms with Crippen LogP contribution in [0.5, 0.6) is 0 Å². The number of H-pyrrole nitrogens is 1. The molecule has 0 spiro atoms. The molecule has 6 rings (SSSR count). The fourth-order valence-corrected chi connectivity index (χ4v) is 4.37. The van der Waals surface area contributed by atoms with Gasteiger partial charge in [0.2, 0.25) is 0 Å². The predicted molar refractivity (Wildman–Crippen MR) is 116 cm³/mol. The Morgan fingerprint density at radius 1 is 1.25 bits per heavy atom. The third-order valence-corrected chi connectivity index (χ3v) is 5.98. The van der Waals surface area contributed by atoms with Crippen molar-refractivity contribution in [2.45, 2.75) is 12.5 Å². The molecule has 0 aliphatic carbocycles. The molecular formula is C20H18N9O2P. The highest BCUT2D eigenvalue weighted by Gasteiger charge is 2.38. The summed E-state index contributed by atoms with van der Waals surface area (Å²) >= 11 is 0. The first-order valence-electron chi connectivity index (χ1n) is 9.99. The van der Waals surface area contributed by atoms with Gasteiger partial charge in [-0.3, -0.25) is 9.48 Å². The van der Waals surface area contributed by atoms with Gasteiger partial charge in [0.1, 0.15) is 11.7 Å². The fraction of sp³-hybridized carbons (Fsp3) is 0.200. The topological polar surface area (TPSA) is 123 Å². The standard InChI is InChI=1S/C20H18N9O2P/c1-27-7-5-13(25-27)18-23-24-19(31-18)20(30)28-8-6-12-16(22-10-21-12)17(28)14-9-11-3-2-4-15(32)29(11)26-14/h2-5,7,9-10,17H,6,8,32H2,1H3,(H,21,22)/t17-/m1/s1. The van der Waals surface area contributed by atoms with Crippen molar-refractivity contribution in [3.63, 3.8) is 0 Å². The zero-order valence-electron chi connectivity index (χ0n) is 17.0. The van der Waals surface area contributed by atoms with Gasteiger partial charge in [0.15, 0.2) is 0 Å². The molecule has 0 radical (unpaired) electrons. The van der Waals surface area contributed by atoms with Gasteiger partial charge in [0.25, 0.3) is 5.89 Å². The normalized spacial score (nSPS) is 15.9. The summed E-state index contributed by atoms with van der Waals surface area (Å²) in [4.78, 5) is 22.8. The molecular weight excluding hydrogens is 429 g/mol. The Bertz CT molecular complexity index is 1460. The van der Waals surface area contributed by atoms with Gasteiger partial charge in [-0.1, -0.05) is 15.3 Å². The van der Waals surface area contributed by atoms with Crippen molar-refractivity contribution in [1.29, 1.82) is 0 Å². The molecule has 1 aliphatic rings. The number of rotatable bonds is 3. The third kappa shape index (κ3) is 2.93. The maximum absolute atomic E-state index is 13.5. The molecule has 5 aromatic heterocycles. The van der Waals surface area contributed by atoms with Crippen molar-refractivity contribution in [2.24, 2.45) is 7.05 Å². The van der Waals surface area contributed by atoms with Gasteiger partial charge in [0.05, 0.1) is 28.7 Å². The summed E-state index contributed by atoms with van der Waals surface area (Å²) in [5.74, 6) is -0.269. The minimum absolute atomic E-state index is 0.0925. The van der Waals surface area contributed by atoms with Crippen molar-refractivity contribution < 1.29 is 9.21 Å². The highest BCUT2D eigenvalue weighted by molar-refractivity contribution is 7.27. The number of pyridine rings is 1. The summed E-state index contributed by atoms with van der Waals surface area (Å²) < 4.78 is 9.14. The molecule has 32 heavy (non-hydrogen) atoms. The maximum Gasteiger partial charge on any atom is 0.312 e. The van der Waals surface area contributed by atoms with Crippen LogP contribution in [0, 0.1) is 0 Å². The number of carbonyl (C=O) groups excluding carboxylic acids is 1. The first-order chi connectivity index (χ1) is 15.6. The lowest BCUT2D eigenvalue weighted by atomic mass is 9.99. The number of carbonyl (C=O) groups is 1. The van der Waals surface area contributed by atoms with Crippen molar-refractivity contribution in [1.82, 2.24) is 44.5 Å². The molecule has 0 aromatic carbocycles. The number of aromatic amines is 1. The summed E-state index contributed by atoms with van der Waals surface area (Å²) in [6, 6.07) is 9.13. The lowest BCUT2D eigenvalue weighted by Gasteiger charge is -2.32. The van der Waals surface area contributed by atoms with E-state index in [2.05, 4.69) is 34.5 Å². The minimum atomic E-state index is -0.480. The minimum Gasteiger partial charge on any atom is -0.411 e. The van der Waals surface area contributed by atoms with Gasteiger partial charge in [-0.2, -0.15) is 10.2 Å². The van der Waals surface area contributed by atoms with E-state index in [-0.39, 0.29) is 17.7 Å². The Hall–Kier alpha value is -3.85. The van der Waals surface area contributed by atoms with Crippen molar-refractivity contribution >= 4 is 26.1 Å². The number of hydrogen-bond donors (Lipinski definition) is 1. The first-order valence-corrected chi connectivity index (χ1v) is 10.6. The van der Waals surface area contributed by atoms with Crippen molar-refractivity contribution in [2.75, 3.05) is 6.54 Å². The van der Waals surface area contributed by atoms with Crippen LogP contribution in [-0.4, -0.2) is 56.9 Å². The number of hydrogen-bond acceptors (Lipinski definition) is 7. The largest absolute Gasteiger partial charge is 0.411 e. The zero-order chi connectivity index (χ0) is 21.8. The van der Waals surface area contributed by atoms with Crippen LogP contribution < -0.4 is 5.44 Å². The maximum atomic E-state index is 13.5. The quantitative estimate of drug-likeness (QED) is 0.411. The summed E-state index contributed by atoms with van der Waals surface area (Å²) in [6.07, 6.45) is 4.06. The Kier molecular flexibility index (Phi) is 4.19. The smallest absolute Gasteiger partial charge is 0.312 e. The number of nitrogens with one attached hydrogen (secondary N) is 1. The second kappa shape index (κ2) is 7.10. The van der Waals surface area contributed by atoms with E-state index in [1.54, 1.807) is 35.2 Å². The summed E-state index contributed by atoms with van der Waals surface area (Å²) in [5, 5.41) is 17.0. The van der Waals surface area contributed by atoms with Crippen molar-refractivity contribution in [3.05, 3.63) is 65.8 Å². The molecule has 1 amide bonds. The van der Waals surface area contributed by atoms with E-state index in [0.29, 0.717) is 24.4 Å². The highest BCUT2D eigenvalue weighted by Crippen LogP contribution is 2.34. The van der Waals surface area contributed by atoms with E-state index < -0.39 is 6.04 Å². The summed E-state index contributed by atoms with van der Waals surface area (Å²) in [6.45, 7) is 0.460. The number of nitrogens with zero attached hydrogens (tertiary/aromatic N) is 8. The van der Waals surface area contributed by atoms with Gasteiger partial charge >= 0.3 is 11.8 Å². The number of aromatic nitrogens is 8. The van der Waals surface area contributed by atoms with Gasteiger partial charge in [-0.15, -0.1) is 10.2 Å². The van der Waals surface area contributed by atoms with Gasteiger partial charge in [0, 0.05) is 31.9 Å². The van der Waals surface area contributed by atoms with Crippen LogP contribution in [0.1, 0.15) is 33.8 Å². The third-order valence-electron chi connectivity index (χ3n) is 5.54. The summed E-state index contributed by atoms with van der Waals surface area (Å²) in [5.41, 5.74) is 4.83. The molecule has 1 aliphatic heterocycles. The van der Waals surface area contributed by atoms with Crippen LogP contribution in [0.2, 0.25) is 0 Å². The molecule has 1 N–H and O–H groups in total. The average Bonchev–Trinajstić information content (AvgIpc) is 3.57. The molecule has 0 bridgehead atoms. The molecule has 0 saturated heterocycles. The van der Waals surface area contributed by atoms with E-state index in [4.69, 9.17) is 9.52 Å². The van der Waals surface area contributed by atoms with E-state index in [9.17, 15) is 4.79 Å². The number of aryl methyl sites for hydroxylation is 1. The molecule has 0 fully saturated rings. The predicted octanol–water partition coefficient (Wildman–Crippen LogP) is 1.13. The fourth-order valence-electron chi connectivity index (χ4n) is 4.05. The lowest BCUT2D eigenvalue weighted by molar-refractivity contribution is 0.0646. The van der Waals surface area contributed by atoms with Crippen LogP contribution in [-0.2, 0) is 13.5 Å². The molecule has 12 heteroatoms. The number of amides is 1. The second-order valence-corrected chi connectivity index (χ2v) is 8.15. The Morgan fingerprint density at radius 2 is 2.16 bits per heavy atom.